The van der Waals surface area contributed by atoms with Gasteiger partial charge in [-0.1, -0.05) is 12.1 Å². The third-order valence-electron chi connectivity index (χ3n) is 1.28. The van der Waals surface area contributed by atoms with Gasteiger partial charge in [-0.15, -0.1) is 22.6 Å². The first-order chi connectivity index (χ1) is 6.55. The largest absolute Gasteiger partial charge is 0.297 e. The summed E-state index contributed by atoms with van der Waals surface area (Å²) in [5, 5.41) is 1.68. The van der Waals surface area contributed by atoms with E-state index in [1.165, 1.54) is 12.1 Å². The maximum atomic E-state index is 11.2. The number of carbonyl (C=O) groups excluding carboxylic acids is 1. The van der Waals surface area contributed by atoms with Crippen LogP contribution in [0, 0.1) is 0 Å². The van der Waals surface area contributed by atoms with Crippen molar-refractivity contribution >= 4 is 27.3 Å². The summed E-state index contributed by atoms with van der Waals surface area (Å²) in [6, 6.07) is 3.19. The molecule has 0 saturated heterocycles. The molecule has 4 nitrogen and oxygen atoms in total. The van der Waals surface area contributed by atoms with Crippen LogP contribution < -0.4 is 4.72 Å². The molecule has 0 N–H and O–H groups in total. The monoisotopic (exact) mass is 230 g/mol. The van der Waals surface area contributed by atoms with Crippen molar-refractivity contribution in [3.8, 4) is 0 Å². The lowest BCUT2D eigenvalue weighted by Crippen LogP contribution is -2.24. The fourth-order valence-electron chi connectivity index (χ4n) is 0.758. The van der Waals surface area contributed by atoms with E-state index in [0.29, 0.717) is 4.88 Å². The average Bonchev–Trinajstić information content (AvgIpc) is 2.53. The highest BCUT2D eigenvalue weighted by Gasteiger charge is 2.17. The van der Waals surface area contributed by atoms with Gasteiger partial charge in [-0.25, -0.2) is 8.42 Å². The Balaban J connectivity index is 2.71. The predicted octanol–water partition coefficient (Wildman–Crippen LogP) is 1.01. The van der Waals surface area contributed by atoms with Crippen molar-refractivity contribution in [3.63, 3.8) is 0 Å². The van der Waals surface area contributed by atoms with Gasteiger partial charge in [0.1, 0.15) is 0 Å². The Kier molecular flexibility index (Phi) is 3.43. The lowest BCUT2D eigenvalue weighted by molar-refractivity contribution is 0.0982. The highest BCUT2D eigenvalue weighted by Crippen LogP contribution is 2.09. The topological polar surface area (TPSA) is 65.3 Å². The summed E-state index contributed by atoms with van der Waals surface area (Å²) in [5.41, 5.74) is 0. The Morgan fingerprint density at radius 2 is 2.36 bits per heavy atom. The lowest BCUT2D eigenvalue weighted by atomic mass is 10.5. The summed E-state index contributed by atoms with van der Waals surface area (Å²) >= 11 is 1.16. The Bertz CT molecular complexity index is 419. The second-order valence-corrected chi connectivity index (χ2v) is 5.04. The van der Waals surface area contributed by atoms with Crippen LogP contribution in [-0.4, -0.2) is 20.1 Å². The molecule has 0 aromatic carbocycles. The molecule has 0 spiro atoms. The van der Waals surface area contributed by atoms with Crippen molar-refractivity contribution in [1.29, 1.82) is 0 Å². The van der Waals surface area contributed by atoms with Crippen molar-refractivity contribution in [2.75, 3.05) is 5.75 Å². The molecule has 0 aliphatic rings. The summed E-state index contributed by atoms with van der Waals surface area (Å²) in [6.45, 7) is 3.27. The first-order valence-corrected chi connectivity index (χ1v) is 6.18. The summed E-state index contributed by atoms with van der Waals surface area (Å²) in [6.07, 6.45) is 1.19. The molecule has 0 saturated carbocycles. The zero-order valence-corrected chi connectivity index (χ0v) is 8.85. The molecule has 1 heterocycles. The molecule has 0 unspecified atom stereocenters. The minimum Gasteiger partial charge on any atom is -0.265 e. The van der Waals surface area contributed by atoms with E-state index < -0.39 is 15.9 Å². The molecule has 1 radical (unpaired) electrons. The Morgan fingerprint density at radius 3 is 2.86 bits per heavy atom. The van der Waals surface area contributed by atoms with Crippen LogP contribution in [0.4, 0.5) is 0 Å². The minimum atomic E-state index is -3.69. The number of rotatable bonds is 4. The zero-order chi connectivity index (χ0) is 10.6. The molecule has 0 bridgehead atoms. The van der Waals surface area contributed by atoms with Gasteiger partial charge in [-0.2, -0.15) is 0 Å². The molecule has 6 heteroatoms. The number of hydrogen-bond donors (Lipinski definition) is 0. The van der Waals surface area contributed by atoms with Gasteiger partial charge in [0, 0.05) is 0 Å². The van der Waals surface area contributed by atoms with Crippen molar-refractivity contribution < 1.29 is 13.2 Å². The number of hydrogen-bond acceptors (Lipinski definition) is 4. The highest BCUT2D eigenvalue weighted by molar-refractivity contribution is 7.90. The second kappa shape index (κ2) is 4.39. The number of carbonyl (C=O) groups is 1. The summed E-state index contributed by atoms with van der Waals surface area (Å²) in [4.78, 5) is 11.5. The maximum Gasteiger partial charge on any atom is 0.297 e. The first kappa shape index (κ1) is 10.9. The number of nitrogens with zero attached hydrogens (tertiary/aromatic N) is 1. The fraction of sp³-hybridized carbons (Fsp3) is 0.125. The molecule has 75 valence electrons. The van der Waals surface area contributed by atoms with Gasteiger partial charge in [0.05, 0.1) is 10.6 Å². The second-order valence-electron chi connectivity index (χ2n) is 2.41. The van der Waals surface area contributed by atoms with E-state index in [4.69, 9.17) is 0 Å². The van der Waals surface area contributed by atoms with Gasteiger partial charge >= 0.3 is 0 Å². The molecule has 0 fully saturated rings. The number of amides is 1. The molecule has 14 heavy (non-hydrogen) atoms. The van der Waals surface area contributed by atoms with E-state index in [1.54, 1.807) is 11.4 Å². The minimum absolute atomic E-state index is 0.315. The summed E-state index contributed by atoms with van der Waals surface area (Å²) < 4.78 is 25.3. The van der Waals surface area contributed by atoms with Crippen molar-refractivity contribution in [2.24, 2.45) is 0 Å². The van der Waals surface area contributed by atoms with E-state index in [0.717, 1.165) is 11.3 Å². The predicted molar refractivity (Wildman–Crippen MR) is 54.8 cm³/mol. The normalized spacial score (nSPS) is 10.9. The van der Waals surface area contributed by atoms with Crippen LogP contribution in [0.1, 0.15) is 9.67 Å². The average molecular weight is 230 g/mol. The van der Waals surface area contributed by atoms with E-state index in [-0.39, 0.29) is 5.75 Å². The fourth-order valence-corrected chi connectivity index (χ4v) is 2.15. The third kappa shape index (κ3) is 2.97. The van der Waals surface area contributed by atoms with Gasteiger partial charge in [-0.05, 0) is 11.4 Å². The molecular weight excluding hydrogens is 222 g/mol. The van der Waals surface area contributed by atoms with E-state index in [1.807, 2.05) is 0 Å². The van der Waals surface area contributed by atoms with Crippen molar-refractivity contribution in [3.05, 3.63) is 35.0 Å². The van der Waals surface area contributed by atoms with Gasteiger partial charge in [-0.3, -0.25) is 4.79 Å². The van der Waals surface area contributed by atoms with Crippen molar-refractivity contribution in [2.45, 2.75) is 0 Å². The van der Waals surface area contributed by atoms with Gasteiger partial charge in [0.2, 0.25) is 0 Å². The summed E-state index contributed by atoms with van der Waals surface area (Å²) in [5.74, 6) is -1.04. The molecule has 1 amide bonds. The van der Waals surface area contributed by atoms with Gasteiger partial charge in [0.15, 0.2) is 0 Å². The summed E-state index contributed by atoms with van der Waals surface area (Å²) in [7, 11) is -3.69. The van der Waals surface area contributed by atoms with Crippen LogP contribution in [0.25, 0.3) is 0 Å². The SMILES string of the molecule is C=CCS(=O)(=O)[N]C(=O)c1cccs1. The Hall–Kier alpha value is -1.14. The van der Waals surface area contributed by atoms with Crippen LogP contribution in [0.2, 0.25) is 0 Å². The lowest BCUT2D eigenvalue weighted by Gasteiger charge is -1.98. The van der Waals surface area contributed by atoms with Gasteiger partial charge in [0.25, 0.3) is 15.9 Å². The molecular formula is C8H8NO3S2. The van der Waals surface area contributed by atoms with Crippen LogP contribution in [0.15, 0.2) is 30.2 Å². The van der Waals surface area contributed by atoms with Crippen LogP contribution in [0.5, 0.6) is 0 Å². The quantitative estimate of drug-likeness (QED) is 0.725. The first-order valence-electron chi connectivity index (χ1n) is 3.69. The third-order valence-corrected chi connectivity index (χ3v) is 3.24. The zero-order valence-electron chi connectivity index (χ0n) is 7.21. The maximum absolute atomic E-state index is 11.2. The Morgan fingerprint density at radius 1 is 1.64 bits per heavy atom. The standard InChI is InChI=1S/C8H8NO3S2/c1-2-6-14(11,12)9-8(10)7-4-3-5-13-7/h2-5H,1,6H2. The molecule has 1 aromatic rings. The van der Waals surface area contributed by atoms with E-state index in [9.17, 15) is 13.2 Å². The van der Waals surface area contributed by atoms with E-state index >= 15 is 0 Å². The molecule has 1 aromatic heterocycles. The smallest absolute Gasteiger partial charge is 0.265 e. The van der Waals surface area contributed by atoms with Crippen LogP contribution in [0.3, 0.4) is 0 Å². The van der Waals surface area contributed by atoms with Gasteiger partial charge < -0.3 is 0 Å². The molecule has 0 aliphatic heterocycles. The Labute approximate surface area is 86.3 Å². The highest BCUT2D eigenvalue weighted by atomic mass is 32.2. The molecule has 1 rings (SSSR count). The van der Waals surface area contributed by atoms with Crippen molar-refractivity contribution in [1.82, 2.24) is 4.72 Å². The van der Waals surface area contributed by atoms with E-state index in [2.05, 4.69) is 11.3 Å². The number of sulfonamides is 1. The number of thiophene rings is 1. The molecule has 0 atom stereocenters. The molecule has 0 aliphatic carbocycles. The van der Waals surface area contributed by atoms with Crippen LogP contribution >= 0.6 is 11.3 Å². The van der Waals surface area contributed by atoms with Crippen LogP contribution in [-0.2, 0) is 10.0 Å².